The Morgan fingerprint density at radius 2 is 1.48 bits per heavy atom. The van der Waals surface area contributed by atoms with E-state index in [1.54, 1.807) is 29.3 Å². The summed E-state index contributed by atoms with van der Waals surface area (Å²) in [6.07, 6.45) is 0. The average Bonchev–Trinajstić information content (AvgIpc) is 2.70. The molecule has 3 aromatic carbocycles. The number of nitrogens with one attached hydrogen (secondary N) is 2. The van der Waals surface area contributed by atoms with Crippen molar-refractivity contribution in [3.63, 3.8) is 0 Å². The number of aryl methyl sites for hydroxylation is 4. The first kappa shape index (κ1) is 20.3. The van der Waals surface area contributed by atoms with E-state index in [4.69, 9.17) is 0 Å². The summed E-state index contributed by atoms with van der Waals surface area (Å²) in [5.41, 5.74) is 10.1. The van der Waals surface area contributed by atoms with Gasteiger partial charge in [-0.05, 0) is 79.8 Å². The minimum Gasteiger partial charge on any atom is -0.508 e. The Kier molecular flexibility index (Phi) is 6.07. The fourth-order valence-electron chi connectivity index (χ4n) is 3.03. The van der Waals surface area contributed by atoms with Gasteiger partial charge in [-0.15, -0.1) is 0 Å². The van der Waals surface area contributed by atoms with Crippen molar-refractivity contribution in [2.45, 2.75) is 34.2 Å². The quantitative estimate of drug-likeness (QED) is 0.514. The van der Waals surface area contributed by atoms with Crippen LogP contribution in [0, 0.1) is 27.7 Å². The van der Waals surface area contributed by atoms with E-state index in [1.807, 2.05) is 64.1 Å². The van der Waals surface area contributed by atoms with Gasteiger partial charge in [0.1, 0.15) is 5.75 Å². The third-order valence-corrected chi connectivity index (χ3v) is 4.81. The molecule has 0 fully saturated rings. The maximum absolute atomic E-state index is 13.2. The SMILES string of the molecule is Cc1ccc(C)c(NN(C(=O)NCc2ccc(O)cc2)c2cc(C)ccc2C)c1. The van der Waals surface area contributed by atoms with Crippen LogP contribution in [-0.4, -0.2) is 11.1 Å². The van der Waals surface area contributed by atoms with Gasteiger partial charge < -0.3 is 10.4 Å². The van der Waals surface area contributed by atoms with Crippen LogP contribution in [-0.2, 0) is 6.54 Å². The molecular weight excluding hydrogens is 362 g/mol. The lowest BCUT2D eigenvalue weighted by Gasteiger charge is -2.27. The Hall–Kier alpha value is -3.47. The van der Waals surface area contributed by atoms with Crippen LogP contribution in [0.25, 0.3) is 0 Å². The molecule has 0 unspecified atom stereocenters. The minimum absolute atomic E-state index is 0.202. The number of amides is 2. The van der Waals surface area contributed by atoms with E-state index in [0.29, 0.717) is 6.54 Å². The van der Waals surface area contributed by atoms with Crippen LogP contribution >= 0.6 is 0 Å². The minimum atomic E-state index is -0.257. The van der Waals surface area contributed by atoms with Gasteiger partial charge in [-0.3, -0.25) is 5.43 Å². The summed E-state index contributed by atoms with van der Waals surface area (Å²) in [6, 6.07) is 18.7. The zero-order chi connectivity index (χ0) is 21.0. The normalized spacial score (nSPS) is 10.5. The Bertz CT molecular complexity index is 1010. The third kappa shape index (κ3) is 5.08. The largest absolute Gasteiger partial charge is 0.508 e. The first-order valence-electron chi connectivity index (χ1n) is 9.60. The van der Waals surface area contributed by atoms with Crippen LogP contribution < -0.4 is 15.8 Å². The molecule has 5 heteroatoms. The number of nitrogens with zero attached hydrogens (tertiary/aromatic N) is 1. The number of phenolic OH excluding ortho intramolecular Hbond substituents is 1. The third-order valence-electron chi connectivity index (χ3n) is 4.81. The Morgan fingerprint density at radius 1 is 0.862 bits per heavy atom. The second-order valence-corrected chi connectivity index (χ2v) is 7.38. The van der Waals surface area contributed by atoms with Gasteiger partial charge >= 0.3 is 6.03 Å². The number of hydrogen-bond donors (Lipinski definition) is 3. The first-order valence-corrected chi connectivity index (χ1v) is 9.60. The lowest BCUT2D eigenvalue weighted by atomic mass is 10.1. The predicted molar refractivity (Wildman–Crippen MR) is 118 cm³/mol. The van der Waals surface area contributed by atoms with Gasteiger partial charge in [-0.2, -0.15) is 0 Å². The highest BCUT2D eigenvalue weighted by Gasteiger charge is 2.19. The first-order chi connectivity index (χ1) is 13.8. The molecule has 0 saturated carbocycles. The van der Waals surface area contributed by atoms with E-state index in [-0.39, 0.29) is 11.8 Å². The molecular formula is C24H27N3O2. The van der Waals surface area contributed by atoms with Gasteiger partial charge in [0.05, 0.1) is 11.4 Å². The van der Waals surface area contributed by atoms with E-state index in [1.165, 1.54) is 0 Å². The van der Waals surface area contributed by atoms with Crippen LogP contribution in [0.2, 0.25) is 0 Å². The monoisotopic (exact) mass is 389 g/mol. The summed E-state index contributed by atoms with van der Waals surface area (Å²) < 4.78 is 0. The number of benzene rings is 3. The van der Waals surface area contributed by atoms with Crippen LogP contribution in [0.5, 0.6) is 5.75 Å². The van der Waals surface area contributed by atoms with E-state index in [2.05, 4.69) is 10.7 Å². The van der Waals surface area contributed by atoms with Crippen LogP contribution in [0.1, 0.15) is 27.8 Å². The summed E-state index contributed by atoms with van der Waals surface area (Å²) in [4.78, 5) is 13.2. The Morgan fingerprint density at radius 3 is 2.17 bits per heavy atom. The number of anilines is 2. The number of rotatable bonds is 5. The van der Waals surface area contributed by atoms with Crippen LogP contribution in [0.3, 0.4) is 0 Å². The molecule has 3 aromatic rings. The molecule has 0 aliphatic carbocycles. The number of phenols is 1. The van der Waals surface area contributed by atoms with E-state index in [9.17, 15) is 9.90 Å². The van der Waals surface area contributed by atoms with Crippen molar-refractivity contribution in [2.75, 3.05) is 10.4 Å². The zero-order valence-electron chi connectivity index (χ0n) is 17.3. The molecule has 0 spiro atoms. The average molecular weight is 389 g/mol. The van der Waals surface area contributed by atoms with E-state index >= 15 is 0 Å². The second kappa shape index (κ2) is 8.69. The number of hydrazine groups is 1. The van der Waals surface area contributed by atoms with Crippen LogP contribution in [0.15, 0.2) is 60.7 Å². The molecule has 2 amide bonds. The van der Waals surface area contributed by atoms with Crippen molar-refractivity contribution in [2.24, 2.45) is 0 Å². The summed E-state index contributed by atoms with van der Waals surface area (Å²) in [5, 5.41) is 14.0. The standard InChI is InChI=1S/C24H27N3O2/c1-16-5-7-18(3)22(13-16)26-27(23-14-17(2)6-8-19(23)4)24(29)25-15-20-9-11-21(28)12-10-20/h5-14,26,28H,15H2,1-4H3,(H,25,29). The molecule has 150 valence electrons. The molecule has 0 atom stereocenters. The Balaban J connectivity index is 1.89. The molecule has 3 N–H and O–H groups in total. The lowest BCUT2D eigenvalue weighted by molar-refractivity contribution is 0.247. The van der Waals surface area contributed by atoms with Crippen molar-refractivity contribution < 1.29 is 9.90 Å². The van der Waals surface area contributed by atoms with Gasteiger partial charge in [-0.25, -0.2) is 9.80 Å². The van der Waals surface area contributed by atoms with Gasteiger partial charge in [0.2, 0.25) is 0 Å². The number of urea groups is 1. The van der Waals surface area contributed by atoms with Crippen molar-refractivity contribution >= 4 is 17.4 Å². The summed E-state index contributed by atoms with van der Waals surface area (Å²) >= 11 is 0. The van der Waals surface area contributed by atoms with E-state index < -0.39 is 0 Å². The molecule has 3 rings (SSSR count). The van der Waals surface area contributed by atoms with Gasteiger partial charge in [0.15, 0.2) is 0 Å². The van der Waals surface area contributed by atoms with Gasteiger partial charge in [-0.1, -0.05) is 36.4 Å². The van der Waals surface area contributed by atoms with E-state index in [0.717, 1.165) is 39.2 Å². The number of hydrogen-bond acceptors (Lipinski definition) is 3. The maximum atomic E-state index is 13.2. The number of carbonyl (C=O) groups excluding carboxylic acids is 1. The highest BCUT2D eigenvalue weighted by molar-refractivity contribution is 5.95. The lowest BCUT2D eigenvalue weighted by Crippen LogP contribution is -2.44. The highest BCUT2D eigenvalue weighted by Crippen LogP contribution is 2.25. The smallest absolute Gasteiger partial charge is 0.341 e. The number of carbonyl (C=O) groups is 1. The summed E-state index contributed by atoms with van der Waals surface area (Å²) in [6.45, 7) is 8.39. The molecule has 0 heterocycles. The topological polar surface area (TPSA) is 64.6 Å². The Labute approximate surface area is 172 Å². The van der Waals surface area contributed by atoms with Crippen molar-refractivity contribution in [3.05, 3.63) is 88.5 Å². The van der Waals surface area contributed by atoms with Crippen molar-refractivity contribution in [1.82, 2.24) is 5.32 Å². The fourth-order valence-corrected chi connectivity index (χ4v) is 3.03. The molecule has 0 aromatic heterocycles. The van der Waals surface area contributed by atoms with Crippen LogP contribution in [0.4, 0.5) is 16.2 Å². The summed E-state index contributed by atoms with van der Waals surface area (Å²) in [7, 11) is 0. The second-order valence-electron chi connectivity index (χ2n) is 7.38. The molecule has 5 nitrogen and oxygen atoms in total. The van der Waals surface area contributed by atoms with Gasteiger partial charge in [0, 0.05) is 6.54 Å². The number of aromatic hydroxyl groups is 1. The molecule has 0 bridgehead atoms. The van der Waals surface area contributed by atoms with Crippen molar-refractivity contribution in [1.29, 1.82) is 0 Å². The molecule has 0 aliphatic heterocycles. The zero-order valence-corrected chi connectivity index (χ0v) is 17.3. The molecule has 0 radical (unpaired) electrons. The molecule has 0 saturated heterocycles. The van der Waals surface area contributed by atoms with Crippen molar-refractivity contribution in [3.8, 4) is 5.75 Å². The highest BCUT2D eigenvalue weighted by atomic mass is 16.3. The predicted octanol–water partition coefficient (Wildman–Crippen LogP) is 5.37. The summed E-state index contributed by atoms with van der Waals surface area (Å²) in [5.74, 6) is 0.202. The fraction of sp³-hybridized carbons (Fsp3) is 0.208. The molecule has 29 heavy (non-hydrogen) atoms. The van der Waals surface area contributed by atoms with Gasteiger partial charge in [0.25, 0.3) is 0 Å². The maximum Gasteiger partial charge on any atom is 0.341 e. The molecule has 0 aliphatic rings.